The summed E-state index contributed by atoms with van der Waals surface area (Å²) in [5.74, 6) is 0.713. The molecule has 60 valence electrons. The number of carbonyl (C=O) groups is 1. The first-order valence-corrected chi connectivity index (χ1v) is 3.89. The lowest BCUT2D eigenvalue weighted by Crippen LogP contribution is -2.01. The van der Waals surface area contributed by atoms with Crippen molar-refractivity contribution in [3.05, 3.63) is 0 Å². The first-order chi connectivity index (χ1) is 4.63. The summed E-state index contributed by atoms with van der Waals surface area (Å²) in [6, 6.07) is 0. The Balaban J connectivity index is 0.000000180. The lowest BCUT2D eigenvalue weighted by atomic mass is 10.2. The summed E-state index contributed by atoms with van der Waals surface area (Å²) in [5, 5.41) is 0. The van der Waals surface area contributed by atoms with Crippen LogP contribution in [0.3, 0.4) is 0 Å². The Bertz CT molecular complexity index is 91.4. The van der Waals surface area contributed by atoms with Crippen LogP contribution in [0.25, 0.3) is 0 Å². The molecular formula is C8H17NO. The van der Waals surface area contributed by atoms with Gasteiger partial charge in [0.05, 0.1) is 0 Å². The van der Waals surface area contributed by atoms with Gasteiger partial charge in [-0.05, 0) is 5.92 Å². The second-order valence-corrected chi connectivity index (χ2v) is 3.00. The second kappa shape index (κ2) is 5.27. The van der Waals surface area contributed by atoms with E-state index in [-0.39, 0.29) is 5.91 Å². The van der Waals surface area contributed by atoms with Crippen LogP contribution in [0.5, 0.6) is 0 Å². The van der Waals surface area contributed by atoms with E-state index in [9.17, 15) is 4.79 Å². The lowest BCUT2D eigenvalue weighted by molar-refractivity contribution is -0.115. The Morgan fingerprint density at radius 2 is 1.70 bits per heavy atom. The number of carbonyl (C=O) groups excluding carboxylic acids is 1. The van der Waals surface area contributed by atoms with Crippen molar-refractivity contribution in [1.82, 2.24) is 0 Å². The molecule has 0 aromatic carbocycles. The maximum Gasteiger partial charge on any atom is 0.214 e. The average molecular weight is 143 g/mol. The van der Waals surface area contributed by atoms with Crippen molar-refractivity contribution in [3.8, 4) is 0 Å². The number of nitrogens with two attached hydrogens (primary N) is 1. The SMILES string of the molecule is CC(N)=O.CC1CCCC1. The Morgan fingerprint density at radius 1 is 1.40 bits per heavy atom. The molecule has 0 bridgehead atoms. The van der Waals surface area contributed by atoms with Crippen molar-refractivity contribution in [2.24, 2.45) is 11.7 Å². The van der Waals surface area contributed by atoms with Crippen LogP contribution < -0.4 is 5.73 Å². The normalized spacial score (nSPS) is 17.8. The topological polar surface area (TPSA) is 43.1 Å². The highest BCUT2D eigenvalue weighted by Gasteiger charge is 2.07. The number of amides is 1. The van der Waals surface area contributed by atoms with E-state index >= 15 is 0 Å². The largest absolute Gasteiger partial charge is 0.370 e. The van der Waals surface area contributed by atoms with Gasteiger partial charge in [-0.15, -0.1) is 0 Å². The highest BCUT2D eigenvalue weighted by Crippen LogP contribution is 2.22. The van der Waals surface area contributed by atoms with Crippen LogP contribution in [0.2, 0.25) is 0 Å². The molecule has 0 saturated heterocycles. The van der Waals surface area contributed by atoms with E-state index in [2.05, 4.69) is 12.7 Å². The smallest absolute Gasteiger partial charge is 0.214 e. The average Bonchev–Trinajstić information content (AvgIpc) is 2.15. The van der Waals surface area contributed by atoms with Crippen LogP contribution in [-0.4, -0.2) is 5.91 Å². The molecule has 2 N–H and O–H groups in total. The predicted octanol–water partition coefficient (Wildman–Crippen LogP) is 1.69. The van der Waals surface area contributed by atoms with E-state index in [0.717, 1.165) is 5.92 Å². The molecule has 1 aliphatic carbocycles. The van der Waals surface area contributed by atoms with Crippen LogP contribution in [0.15, 0.2) is 0 Å². The first-order valence-electron chi connectivity index (χ1n) is 3.89. The van der Waals surface area contributed by atoms with Crippen LogP contribution in [-0.2, 0) is 4.79 Å². The zero-order valence-electron chi connectivity index (χ0n) is 6.89. The number of primary amides is 1. The maximum atomic E-state index is 9.22. The van der Waals surface area contributed by atoms with Gasteiger partial charge in [-0.2, -0.15) is 0 Å². The third-order valence-electron chi connectivity index (χ3n) is 1.64. The van der Waals surface area contributed by atoms with Gasteiger partial charge >= 0.3 is 0 Å². The molecule has 0 radical (unpaired) electrons. The fourth-order valence-corrected chi connectivity index (χ4v) is 1.13. The summed E-state index contributed by atoms with van der Waals surface area (Å²) in [4.78, 5) is 9.22. The minimum atomic E-state index is -0.333. The molecular weight excluding hydrogens is 126 g/mol. The molecule has 1 amide bonds. The van der Waals surface area contributed by atoms with Crippen molar-refractivity contribution in [1.29, 1.82) is 0 Å². The summed E-state index contributed by atoms with van der Waals surface area (Å²) in [6.45, 7) is 3.65. The van der Waals surface area contributed by atoms with Gasteiger partial charge in [-0.25, -0.2) is 0 Å². The third kappa shape index (κ3) is 7.47. The van der Waals surface area contributed by atoms with Crippen molar-refractivity contribution < 1.29 is 4.79 Å². The minimum absolute atomic E-state index is 0.333. The van der Waals surface area contributed by atoms with Crippen molar-refractivity contribution >= 4 is 5.91 Å². The summed E-state index contributed by atoms with van der Waals surface area (Å²) < 4.78 is 0. The van der Waals surface area contributed by atoms with Crippen molar-refractivity contribution in [2.45, 2.75) is 39.5 Å². The molecule has 0 atom stereocenters. The Hall–Kier alpha value is -0.530. The van der Waals surface area contributed by atoms with E-state index in [1.165, 1.54) is 32.6 Å². The minimum Gasteiger partial charge on any atom is -0.370 e. The molecule has 2 nitrogen and oxygen atoms in total. The van der Waals surface area contributed by atoms with Crippen LogP contribution in [0.4, 0.5) is 0 Å². The maximum absolute atomic E-state index is 9.22. The van der Waals surface area contributed by atoms with E-state index in [4.69, 9.17) is 0 Å². The number of hydrogen-bond acceptors (Lipinski definition) is 1. The van der Waals surface area contributed by atoms with Crippen LogP contribution in [0, 0.1) is 5.92 Å². The van der Waals surface area contributed by atoms with E-state index in [1.807, 2.05) is 0 Å². The molecule has 0 aromatic heterocycles. The van der Waals surface area contributed by atoms with Crippen molar-refractivity contribution in [3.63, 3.8) is 0 Å². The van der Waals surface area contributed by atoms with Crippen LogP contribution in [0.1, 0.15) is 39.5 Å². The molecule has 0 aliphatic heterocycles. The van der Waals surface area contributed by atoms with Gasteiger partial charge in [0.25, 0.3) is 0 Å². The molecule has 1 aliphatic rings. The van der Waals surface area contributed by atoms with Gasteiger partial charge in [-0.3, -0.25) is 4.79 Å². The van der Waals surface area contributed by atoms with E-state index in [1.54, 1.807) is 0 Å². The lowest BCUT2D eigenvalue weighted by Gasteiger charge is -1.91. The van der Waals surface area contributed by atoms with Gasteiger partial charge in [0.2, 0.25) is 5.91 Å². The Labute approximate surface area is 62.8 Å². The van der Waals surface area contributed by atoms with E-state index in [0.29, 0.717) is 0 Å². The van der Waals surface area contributed by atoms with Gasteiger partial charge in [0, 0.05) is 6.92 Å². The zero-order chi connectivity index (χ0) is 7.98. The zero-order valence-corrected chi connectivity index (χ0v) is 6.89. The predicted molar refractivity (Wildman–Crippen MR) is 42.5 cm³/mol. The standard InChI is InChI=1S/C6H12.C2H5NO/c1-6-4-2-3-5-6;1-2(3)4/h6H,2-5H2,1H3;1H3,(H2,3,4). The summed E-state index contributed by atoms with van der Waals surface area (Å²) in [6.07, 6.45) is 5.95. The van der Waals surface area contributed by atoms with Gasteiger partial charge in [0.1, 0.15) is 0 Å². The van der Waals surface area contributed by atoms with Gasteiger partial charge in [-0.1, -0.05) is 32.6 Å². The van der Waals surface area contributed by atoms with Crippen LogP contribution >= 0.6 is 0 Å². The van der Waals surface area contributed by atoms with Gasteiger partial charge in [0.15, 0.2) is 0 Å². The van der Waals surface area contributed by atoms with Crippen molar-refractivity contribution in [2.75, 3.05) is 0 Å². The number of hydrogen-bond donors (Lipinski definition) is 1. The summed E-state index contributed by atoms with van der Waals surface area (Å²) in [5.41, 5.74) is 4.47. The molecule has 2 heteroatoms. The fourth-order valence-electron chi connectivity index (χ4n) is 1.13. The first kappa shape index (κ1) is 9.47. The number of rotatable bonds is 0. The molecule has 1 rings (SSSR count). The van der Waals surface area contributed by atoms with Gasteiger partial charge < -0.3 is 5.73 Å². The van der Waals surface area contributed by atoms with E-state index < -0.39 is 0 Å². The molecule has 0 heterocycles. The summed E-state index contributed by atoms with van der Waals surface area (Å²) in [7, 11) is 0. The molecule has 1 saturated carbocycles. The quantitative estimate of drug-likeness (QED) is 0.551. The monoisotopic (exact) mass is 143 g/mol. The Morgan fingerprint density at radius 3 is 1.80 bits per heavy atom. The highest BCUT2D eigenvalue weighted by molar-refractivity contribution is 5.70. The fraction of sp³-hybridized carbons (Fsp3) is 0.875. The Kier molecular flexibility index (Phi) is 4.99. The molecule has 1 fully saturated rings. The highest BCUT2D eigenvalue weighted by atomic mass is 16.1. The molecule has 0 spiro atoms. The molecule has 10 heavy (non-hydrogen) atoms. The second-order valence-electron chi connectivity index (χ2n) is 3.00. The molecule has 0 unspecified atom stereocenters. The third-order valence-corrected chi connectivity index (χ3v) is 1.64. The summed E-state index contributed by atoms with van der Waals surface area (Å²) >= 11 is 0. The molecule has 0 aromatic rings.